The third-order valence-electron chi connectivity index (χ3n) is 9.64. The van der Waals surface area contributed by atoms with Crippen LogP contribution in [0.25, 0.3) is 0 Å². The van der Waals surface area contributed by atoms with Crippen LogP contribution in [0.2, 0.25) is 0 Å². The summed E-state index contributed by atoms with van der Waals surface area (Å²) >= 11 is 0. The molecule has 0 aromatic heterocycles. The van der Waals surface area contributed by atoms with Crippen LogP contribution in [0.1, 0.15) is 33.4 Å². The highest BCUT2D eigenvalue weighted by Gasteiger charge is 2.14. The summed E-state index contributed by atoms with van der Waals surface area (Å²) in [6.45, 7) is 0. The Morgan fingerprint density at radius 2 is 0.607 bits per heavy atom. The molecular formula is C48H50O8. The van der Waals surface area contributed by atoms with Gasteiger partial charge < -0.3 is 37.9 Å². The summed E-state index contributed by atoms with van der Waals surface area (Å²) in [5.41, 5.74) is 6.76. The second-order valence-corrected chi connectivity index (χ2v) is 13.4. The zero-order valence-corrected chi connectivity index (χ0v) is 33.1. The van der Waals surface area contributed by atoms with E-state index in [0.29, 0.717) is 40.9 Å². The number of rotatable bonds is 19. The lowest BCUT2D eigenvalue weighted by Crippen LogP contribution is -1.99. The van der Waals surface area contributed by atoms with Crippen LogP contribution in [0.5, 0.6) is 57.5 Å². The van der Waals surface area contributed by atoms with E-state index >= 15 is 0 Å². The largest absolute Gasteiger partial charge is 0.497 e. The molecule has 0 saturated heterocycles. The molecule has 6 aromatic rings. The molecule has 0 unspecified atom stereocenters. The maximum atomic E-state index is 6.65. The van der Waals surface area contributed by atoms with Crippen molar-refractivity contribution in [3.63, 3.8) is 0 Å². The molecule has 0 atom stereocenters. The van der Waals surface area contributed by atoms with Gasteiger partial charge in [-0.15, -0.1) is 0 Å². The average molecular weight is 755 g/mol. The Kier molecular flexibility index (Phi) is 13.6. The van der Waals surface area contributed by atoms with E-state index in [2.05, 4.69) is 48.5 Å². The maximum absolute atomic E-state index is 6.65. The molecule has 0 amide bonds. The molecule has 0 saturated carbocycles. The smallest absolute Gasteiger partial charge is 0.169 e. The minimum Gasteiger partial charge on any atom is -0.497 e. The number of hydrogen-bond acceptors (Lipinski definition) is 8. The van der Waals surface area contributed by atoms with E-state index in [-0.39, 0.29) is 0 Å². The summed E-state index contributed by atoms with van der Waals surface area (Å²) in [5.74, 6) is 6.95. The Morgan fingerprint density at radius 1 is 0.268 bits per heavy atom. The quantitative estimate of drug-likeness (QED) is 0.0809. The molecule has 56 heavy (non-hydrogen) atoms. The van der Waals surface area contributed by atoms with Crippen molar-refractivity contribution in [1.29, 1.82) is 0 Å². The van der Waals surface area contributed by atoms with Gasteiger partial charge in [0, 0.05) is 12.1 Å². The van der Waals surface area contributed by atoms with Crippen LogP contribution in [0.3, 0.4) is 0 Å². The summed E-state index contributed by atoms with van der Waals surface area (Å²) in [5, 5.41) is 0. The lowest BCUT2D eigenvalue weighted by molar-refractivity contribution is 0.372. The van der Waals surface area contributed by atoms with Gasteiger partial charge in [-0.05, 0) is 145 Å². The molecule has 0 fully saturated rings. The summed E-state index contributed by atoms with van der Waals surface area (Å²) in [6, 6.07) is 40.4. The fraction of sp³-hybridized carbons (Fsp3) is 0.250. The summed E-state index contributed by atoms with van der Waals surface area (Å²) < 4.78 is 46.8. The predicted molar refractivity (Wildman–Crippen MR) is 220 cm³/mol. The van der Waals surface area contributed by atoms with Crippen molar-refractivity contribution in [1.82, 2.24) is 0 Å². The SMILES string of the molecule is COc1cccc(CCc2ccc(OC)c(Oc3cc(CCc4cc(OC)cc(OC)c4)cc(Oc4cc(CCc5cccc(OC)c5)ccc4OC)c3)c2)c1. The van der Waals surface area contributed by atoms with Crippen molar-refractivity contribution < 1.29 is 37.9 Å². The van der Waals surface area contributed by atoms with E-state index in [1.54, 1.807) is 42.7 Å². The van der Waals surface area contributed by atoms with E-state index in [4.69, 9.17) is 37.9 Å². The van der Waals surface area contributed by atoms with Gasteiger partial charge in [-0.25, -0.2) is 0 Å². The highest BCUT2D eigenvalue weighted by atomic mass is 16.5. The van der Waals surface area contributed by atoms with Gasteiger partial charge in [-0.1, -0.05) is 36.4 Å². The van der Waals surface area contributed by atoms with Crippen molar-refractivity contribution >= 4 is 0 Å². The number of ether oxygens (including phenoxy) is 8. The Balaban J connectivity index is 1.28. The van der Waals surface area contributed by atoms with Crippen LogP contribution in [-0.4, -0.2) is 42.7 Å². The van der Waals surface area contributed by atoms with E-state index in [0.717, 1.165) is 77.4 Å². The van der Waals surface area contributed by atoms with E-state index in [1.807, 2.05) is 72.8 Å². The molecule has 8 heteroatoms. The van der Waals surface area contributed by atoms with E-state index in [1.165, 1.54) is 11.1 Å². The van der Waals surface area contributed by atoms with E-state index in [9.17, 15) is 0 Å². The van der Waals surface area contributed by atoms with Gasteiger partial charge in [0.1, 0.15) is 34.5 Å². The fourth-order valence-electron chi connectivity index (χ4n) is 6.59. The number of aryl methyl sites for hydroxylation is 6. The van der Waals surface area contributed by atoms with E-state index < -0.39 is 0 Å². The van der Waals surface area contributed by atoms with Crippen LogP contribution >= 0.6 is 0 Å². The van der Waals surface area contributed by atoms with Gasteiger partial charge in [-0.2, -0.15) is 0 Å². The van der Waals surface area contributed by atoms with Crippen molar-refractivity contribution in [2.45, 2.75) is 38.5 Å². The van der Waals surface area contributed by atoms with Crippen molar-refractivity contribution in [3.05, 3.63) is 155 Å². The Labute approximate surface area is 330 Å². The number of benzene rings is 6. The monoisotopic (exact) mass is 754 g/mol. The molecule has 0 N–H and O–H groups in total. The van der Waals surface area contributed by atoms with Crippen LogP contribution in [-0.2, 0) is 38.5 Å². The molecule has 0 aliphatic rings. The minimum absolute atomic E-state index is 0.619. The molecule has 0 radical (unpaired) electrons. The first-order valence-corrected chi connectivity index (χ1v) is 18.7. The van der Waals surface area contributed by atoms with Gasteiger partial charge in [0.2, 0.25) is 0 Å². The van der Waals surface area contributed by atoms with Crippen molar-refractivity contribution in [2.24, 2.45) is 0 Å². The average Bonchev–Trinajstić information content (AvgIpc) is 3.24. The predicted octanol–water partition coefficient (Wildman–Crippen LogP) is 10.7. The summed E-state index contributed by atoms with van der Waals surface area (Å²) in [7, 11) is 10.00. The maximum Gasteiger partial charge on any atom is 0.169 e. The lowest BCUT2D eigenvalue weighted by atomic mass is 10.0. The number of methoxy groups -OCH3 is 6. The minimum atomic E-state index is 0.619. The topological polar surface area (TPSA) is 73.8 Å². The third-order valence-corrected chi connectivity index (χ3v) is 9.64. The van der Waals surface area contributed by atoms with Crippen LogP contribution in [0.15, 0.2) is 121 Å². The van der Waals surface area contributed by atoms with Crippen LogP contribution in [0.4, 0.5) is 0 Å². The van der Waals surface area contributed by atoms with Crippen LogP contribution < -0.4 is 37.9 Å². The Bertz CT molecular complexity index is 2070. The number of hydrogen-bond donors (Lipinski definition) is 0. The lowest BCUT2D eigenvalue weighted by Gasteiger charge is -2.16. The molecule has 6 rings (SSSR count). The van der Waals surface area contributed by atoms with Crippen LogP contribution in [0, 0.1) is 0 Å². The van der Waals surface area contributed by atoms with Crippen molar-refractivity contribution in [3.8, 4) is 57.5 Å². The van der Waals surface area contributed by atoms with Gasteiger partial charge >= 0.3 is 0 Å². The second-order valence-electron chi connectivity index (χ2n) is 13.4. The molecule has 0 spiro atoms. The van der Waals surface area contributed by atoms with Gasteiger partial charge in [0.25, 0.3) is 0 Å². The first-order valence-electron chi connectivity index (χ1n) is 18.7. The molecule has 0 aliphatic carbocycles. The molecule has 0 bridgehead atoms. The first-order chi connectivity index (χ1) is 27.4. The zero-order chi connectivity index (χ0) is 39.3. The zero-order valence-electron chi connectivity index (χ0n) is 33.1. The summed E-state index contributed by atoms with van der Waals surface area (Å²) in [4.78, 5) is 0. The summed E-state index contributed by atoms with van der Waals surface area (Å²) in [6.07, 6.45) is 4.79. The normalized spacial score (nSPS) is 10.8. The highest BCUT2D eigenvalue weighted by molar-refractivity contribution is 5.51. The molecule has 290 valence electrons. The first kappa shape index (κ1) is 39.4. The fourth-order valence-corrected chi connectivity index (χ4v) is 6.59. The third kappa shape index (κ3) is 10.7. The Hall–Kier alpha value is -6.28. The second kappa shape index (κ2) is 19.4. The standard InChI is InChI=1S/C48H50O8/c1-49-39-11-7-9-33(23-39)13-15-35-19-21-45(53-5)47(29-35)55-43-27-38(18-17-37-25-41(51-3)31-42(26-37)52-4)28-44(32-43)56-48-30-36(20-22-46(48)54-6)16-14-34-10-8-12-40(24-34)50-2/h7-12,19-32H,13-18H2,1-6H3. The molecule has 6 aromatic carbocycles. The Morgan fingerprint density at radius 3 is 1.00 bits per heavy atom. The van der Waals surface area contributed by atoms with Gasteiger partial charge in [0.15, 0.2) is 23.0 Å². The molecule has 0 aliphatic heterocycles. The highest BCUT2D eigenvalue weighted by Crippen LogP contribution is 2.38. The van der Waals surface area contributed by atoms with Crippen molar-refractivity contribution in [2.75, 3.05) is 42.7 Å². The van der Waals surface area contributed by atoms with Gasteiger partial charge in [0.05, 0.1) is 42.7 Å². The molecule has 8 nitrogen and oxygen atoms in total. The molecule has 0 heterocycles. The van der Waals surface area contributed by atoms with Gasteiger partial charge in [-0.3, -0.25) is 0 Å². The molecular weight excluding hydrogens is 705 g/mol.